The molecule has 0 aliphatic carbocycles. The predicted octanol–water partition coefficient (Wildman–Crippen LogP) is 7.73. The number of pyridine rings is 2. The normalized spacial score (nSPS) is 11.3. The van der Waals surface area contributed by atoms with Gasteiger partial charge in [-0.25, -0.2) is 15.0 Å². The van der Waals surface area contributed by atoms with E-state index in [0.717, 1.165) is 66.6 Å². The number of rotatable bonds is 3. The maximum absolute atomic E-state index is 5.04. The quantitative estimate of drug-likeness (QED) is 0.253. The van der Waals surface area contributed by atoms with E-state index in [1.807, 2.05) is 60.8 Å². The van der Waals surface area contributed by atoms with Crippen molar-refractivity contribution >= 4 is 32.7 Å². The molecule has 0 unspecified atom stereocenters. The SMILES string of the molecule is c1ccc(-c2nc(-c3cccc(-c4ccc5ccc6cccnc6c5n4)c3)c3ccccc3n2)cc1. The number of para-hydroxylation sites is 1. The van der Waals surface area contributed by atoms with E-state index in [1.54, 1.807) is 0 Å². The van der Waals surface area contributed by atoms with Crippen molar-refractivity contribution in [3.63, 3.8) is 0 Å². The molecule has 0 radical (unpaired) electrons. The predicted molar refractivity (Wildman–Crippen MR) is 146 cm³/mol. The molecule has 0 fully saturated rings. The molecule has 0 bridgehead atoms. The summed E-state index contributed by atoms with van der Waals surface area (Å²) in [6.07, 6.45) is 1.82. The van der Waals surface area contributed by atoms with E-state index in [2.05, 4.69) is 65.6 Å². The highest BCUT2D eigenvalue weighted by Gasteiger charge is 2.13. The topological polar surface area (TPSA) is 51.6 Å². The largest absolute Gasteiger partial charge is 0.254 e. The zero-order valence-electron chi connectivity index (χ0n) is 19.3. The maximum atomic E-state index is 5.04. The fraction of sp³-hybridized carbons (Fsp3) is 0. The smallest absolute Gasteiger partial charge is 0.160 e. The van der Waals surface area contributed by atoms with Gasteiger partial charge in [-0.3, -0.25) is 4.98 Å². The molecule has 7 rings (SSSR count). The lowest BCUT2D eigenvalue weighted by Gasteiger charge is -2.11. The van der Waals surface area contributed by atoms with Crippen LogP contribution in [-0.2, 0) is 0 Å². The lowest BCUT2D eigenvalue weighted by Crippen LogP contribution is -1.95. The summed E-state index contributed by atoms with van der Waals surface area (Å²) in [5.41, 5.74) is 7.63. The van der Waals surface area contributed by atoms with Crippen LogP contribution in [0.15, 0.2) is 121 Å². The van der Waals surface area contributed by atoms with Gasteiger partial charge >= 0.3 is 0 Å². The summed E-state index contributed by atoms with van der Waals surface area (Å²) >= 11 is 0. The summed E-state index contributed by atoms with van der Waals surface area (Å²) in [7, 11) is 0. The minimum Gasteiger partial charge on any atom is -0.254 e. The molecule has 0 atom stereocenters. The van der Waals surface area contributed by atoms with Crippen LogP contribution >= 0.6 is 0 Å². The molecule has 7 aromatic rings. The monoisotopic (exact) mass is 460 g/mol. The number of benzene rings is 4. The van der Waals surface area contributed by atoms with Gasteiger partial charge in [0.2, 0.25) is 0 Å². The highest BCUT2D eigenvalue weighted by molar-refractivity contribution is 6.03. The van der Waals surface area contributed by atoms with Gasteiger partial charge in [-0.15, -0.1) is 0 Å². The van der Waals surface area contributed by atoms with Gasteiger partial charge in [0.15, 0.2) is 5.82 Å². The van der Waals surface area contributed by atoms with Crippen LogP contribution in [0.25, 0.3) is 66.6 Å². The molecule has 4 heteroatoms. The van der Waals surface area contributed by atoms with E-state index >= 15 is 0 Å². The van der Waals surface area contributed by atoms with E-state index in [9.17, 15) is 0 Å². The third kappa shape index (κ3) is 3.48. The molecule has 0 saturated carbocycles. The fourth-order valence-electron chi connectivity index (χ4n) is 4.72. The lowest BCUT2D eigenvalue weighted by atomic mass is 10.0. The highest BCUT2D eigenvalue weighted by atomic mass is 14.9. The van der Waals surface area contributed by atoms with Crippen molar-refractivity contribution in [3.8, 4) is 33.9 Å². The first-order valence-corrected chi connectivity index (χ1v) is 11.9. The summed E-state index contributed by atoms with van der Waals surface area (Å²) in [6.45, 7) is 0. The zero-order valence-corrected chi connectivity index (χ0v) is 19.3. The summed E-state index contributed by atoms with van der Waals surface area (Å²) in [4.78, 5) is 19.5. The van der Waals surface area contributed by atoms with Crippen LogP contribution in [0.4, 0.5) is 0 Å². The van der Waals surface area contributed by atoms with Crippen LogP contribution in [0.1, 0.15) is 0 Å². The van der Waals surface area contributed by atoms with Gasteiger partial charge < -0.3 is 0 Å². The van der Waals surface area contributed by atoms with E-state index in [-0.39, 0.29) is 0 Å². The molecule has 0 aliphatic rings. The highest BCUT2D eigenvalue weighted by Crippen LogP contribution is 2.32. The Balaban J connectivity index is 1.41. The first kappa shape index (κ1) is 20.4. The Bertz CT molecular complexity index is 1890. The van der Waals surface area contributed by atoms with Gasteiger partial charge in [-0.2, -0.15) is 0 Å². The van der Waals surface area contributed by atoms with Gasteiger partial charge in [0.25, 0.3) is 0 Å². The second-order valence-corrected chi connectivity index (χ2v) is 8.77. The average molecular weight is 461 g/mol. The molecule has 3 aromatic heterocycles. The van der Waals surface area contributed by atoms with Crippen LogP contribution < -0.4 is 0 Å². The van der Waals surface area contributed by atoms with E-state index in [1.165, 1.54) is 0 Å². The Morgan fingerprint density at radius 3 is 2.14 bits per heavy atom. The fourth-order valence-corrected chi connectivity index (χ4v) is 4.72. The van der Waals surface area contributed by atoms with Gasteiger partial charge in [0.1, 0.15) is 0 Å². The number of nitrogens with zero attached hydrogens (tertiary/aromatic N) is 4. The van der Waals surface area contributed by atoms with Crippen molar-refractivity contribution in [1.82, 2.24) is 19.9 Å². The molecular formula is C32H20N4. The van der Waals surface area contributed by atoms with Crippen molar-refractivity contribution in [1.29, 1.82) is 0 Å². The average Bonchev–Trinajstić information content (AvgIpc) is 2.97. The Labute approximate surface area is 208 Å². The molecular weight excluding hydrogens is 440 g/mol. The van der Waals surface area contributed by atoms with Gasteiger partial charge in [-0.1, -0.05) is 91.0 Å². The number of hydrogen-bond acceptors (Lipinski definition) is 4. The molecule has 0 aliphatic heterocycles. The number of hydrogen-bond donors (Lipinski definition) is 0. The molecule has 0 amide bonds. The lowest BCUT2D eigenvalue weighted by molar-refractivity contribution is 1.23. The van der Waals surface area contributed by atoms with Crippen molar-refractivity contribution in [2.24, 2.45) is 0 Å². The maximum Gasteiger partial charge on any atom is 0.160 e. The first-order valence-electron chi connectivity index (χ1n) is 11.9. The third-order valence-corrected chi connectivity index (χ3v) is 6.50. The zero-order chi connectivity index (χ0) is 23.9. The van der Waals surface area contributed by atoms with Gasteiger partial charge in [0.05, 0.1) is 27.9 Å². The van der Waals surface area contributed by atoms with Crippen LogP contribution in [0.5, 0.6) is 0 Å². The third-order valence-electron chi connectivity index (χ3n) is 6.50. The van der Waals surface area contributed by atoms with E-state index in [0.29, 0.717) is 0 Å². The Kier molecular flexibility index (Phi) is 4.74. The Hall–Kier alpha value is -4.96. The molecule has 3 heterocycles. The van der Waals surface area contributed by atoms with Crippen molar-refractivity contribution in [2.75, 3.05) is 0 Å². The number of fused-ring (bicyclic) bond motifs is 4. The van der Waals surface area contributed by atoms with Crippen molar-refractivity contribution < 1.29 is 0 Å². The van der Waals surface area contributed by atoms with Gasteiger partial charge in [0, 0.05) is 39.0 Å². The summed E-state index contributed by atoms with van der Waals surface area (Å²) in [5.74, 6) is 0.719. The Morgan fingerprint density at radius 1 is 0.472 bits per heavy atom. The molecule has 36 heavy (non-hydrogen) atoms. The minimum atomic E-state index is 0.719. The molecule has 4 aromatic carbocycles. The molecule has 0 spiro atoms. The molecule has 0 N–H and O–H groups in total. The molecule has 4 nitrogen and oxygen atoms in total. The second-order valence-electron chi connectivity index (χ2n) is 8.77. The van der Waals surface area contributed by atoms with Gasteiger partial charge in [-0.05, 0) is 24.3 Å². The molecule has 0 saturated heterocycles. The molecule has 168 valence electrons. The van der Waals surface area contributed by atoms with Crippen molar-refractivity contribution in [3.05, 3.63) is 121 Å². The van der Waals surface area contributed by atoms with E-state index in [4.69, 9.17) is 15.0 Å². The van der Waals surface area contributed by atoms with Crippen LogP contribution in [0.2, 0.25) is 0 Å². The Morgan fingerprint density at radius 2 is 1.22 bits per heavy atom. The number of aromatic nitrogens is 4. The summed E-state index contributed by atoms with van der Waals surface area (Å²) in [6, 6.07) is 39.1. The first-order chi connectivity index (χ1) is 17.8. The van der Waals surface area contributed by atoms with Crippen molar-refractivity contribution in [2.45, 2.75) is 0 Å². The standard InChI is InChI=1S/C32H20N4/c1-2-8-23(9-3-1)32-35-28-14-5-4-13-26(28)29(36-32)25-11-6-10-24(20-25)27-18-17-22-16-15-21-12-7-19-33-30(21)31(22)34-27/h1-20H. The summed E-state index contributed by atoms with van der Waals surface area (Å²) < 4.78 is 0. The summed E-state index contributed by atoms with van der Waals surface area (Å²) in [5, 5.41) is 3.19. The van der Waals surface area contributed by atoms with Crippen LogP contribution in [-0.4, -0.2) is 19.9 Å². The van der Waals surface area contributed by atoms with Crippen LogP contribution in [0, 0.1) is 0 Å². The minimum absolute atomic E-state index is 0.719. The van der Waals surface area contributed by atoms with Crippen LogP contribution in [0.3, 0.4) is 0 Å². The second kappa shape index (κ2) is 8.36. The van der Waals surface area contributed by atoms with E-state index < -0.39 is 0 Å².